The molecule has 0 aliphatic carbocycles. The fourth-order valence-electron chi connectivity index (χ4n) is 1.41. The smallest absolute Gasteiger partial charge is 0.397 e. The minimum atomic E-state index is -4.36. The lowest BCUT2D eigenvalue weighted by Gasteiger charge is -2.22. The molecular formula is C10H16N2O4S. The van der Waals surface area contributed by atoms with Gasteiger partial charge in [-0.25, -0.2) is 4.18 Å². The van der Waals surface area contributed by atoms with Gasteiger partial charge in [0, 0.05) is 24.5 Å². The number of hydrogen-bond donors (Lipinski definition) is 2. The number of rotatable bonds is 6. The third-order valence-corrected chi connectivity index (χ3v) is 2.70. The average Bonchev–Trinajstić information content (AvgIpc) is 2.24. The lowest BCUT2D eigenvalue weighted by molar-refractivity contribution is 0.274. The Kier molecular flexibility index (Phi) is 4.73. The molecule has 0 spiro atoms. The van der Waals surface area contributed by atoms with Crippen molar-refractivity contribution in [3.8, 4) is 0 Å². The van der Waals surface area contributed by atoms with Crippen LogP contribution in [0.5, 0.6) is 0 Å². The maximum absolute atomic E-state index is 10.4. The Morgan fingerprint density at radius 2 is 1.94 bits per heavy atom. The highest BCUT2D eigenvalue weighted by atomic mass is 32.3. The van der Waals surface area contributed by atoms with Crippen LogP contribution in [-0.2, 0) is 14.6 Å². The SMILES string of the molecule is CCN(CCOS(=O)(=O)O)c1ccc(N)cc1. The molecule has 96 valence electrons. The summed E-state index contributed by atoms with van der Waals surface area (Å²) in [5.74, 6) is 0. The maximum atomic E-state index is 10.4. The lowest BCUT2D eigenvalue weighted by Crippen LogP contribution is -2.27. The normalized spacial score (nSPS) is 11.4. The summed E-state index contributed by atoms with van der Waals surface area (Å²) in [4.78, 5) is 1.91. The van der Waals surface area contributed by atoms with E-state index >= 15 is 0 Å². The van der Waals surface area contributed by atoms with Crippen molar-refractivity contribution in [3.63, 3.8) is 0 Å². The summed E-state index contributed by atoms with van der Waals surface area (Å²) in [7, 11) is -4.36. The molecule has 6 nitrogen and oxygen atoms in total. The van der Waals surface area contributed by atoms with Gasteiger partial charge in [-0.1, -0.05) is 0 Å². The Balaban J connectivity index is 2.57. The molecule has 1 aromatic rings. The second-order valence-corrected chi connectivity index (χ2v) is 4.51. The predicted octanol–water partition coefficient (Wildman–Crippen LogP) is 0.914. The Bertz CT molecular complexity index is 444. The molecule has 0 unspecified atom stereocenters. The molecule has 3 N–H and O–H groups in total. The van der Waals surface area contributed by atoms with E-state index in [0.29, 0.717) is 18.8 Å². The van der Waals surface area contributed by atoms with Crippen molar-refractivity contribution in [3.05, 3.63) is 24.3 Å². The van der Waals surface area contributed by atoms with E-state index in [9.17, 15) is 8.42 Å². The summed E-state index contributed by atoms with van der Waals surface area (Å²) in [6, 6.07) is 7.21. The van der Waals surface area contributed by atoms with Gasteiger partial charge >= 0.3 is 10.4 Å². The minimum absolute atomic E-state index is 0.100. The highest BCUT2D eigenvalue weighted by molar-refractivity contribution is 7.80. The van der Waals surface area contributed by atoms with Crippen LogP contribution in [0.4, 0.5) is 11.4 Å². The van der Waals surface area contributed by atoms with E-state index < -0.39 is 10.4 Å². The van der Waals surface area contributed by atoms with Crippen LogP contribution in [0.3, 0.4) is 0 Å². The number of likely N-dealkylation sites (N-methyl/N-ethyl adjacent to an activating group) is 1. The first kappa shape index (κ1) is 13.8. The van der Waals surface area contributed by atoms with Gasteiger partial charge in [-0.15, -0.1) is 0 Å². The Labute approximate surface area is 101 Å². The van der Waals surface area contributed by atoms with Gasteiger partial charge in [-0.05, 0) is 31.2 Å². The van der Waals surface area contributed by atoms with E-state index in [1.807, 2.05) is 24.0 Å². The zero-order valence-corrected chi connectivity index (χ0v) is 10.4. The number of hydrogen-bond acceptors (Lipinski definition) is 5. The fraction of sp³-hybridized carbons (Fsp3) is 0.400. The summed E-state index contributed by atoms with van der Waals surface area (Å²) in [5.41, 5.74) is 7.15. The van der Waals surface area contributed by atoms with Crippen molar-refractivity contribution in [2.45, 2.75) is 6.92 Å². The van der Waals surface area contributed by atoms with E-state index in [0.717, 1.165) is 5.69 Å². The van der Waals surface area contributed by atoms with E-state index in [4.69, 9.17) is 10.3 Å². The molecule has 0 heterocycles. The molecule has 0 aliphatic heterocycles. The Morgan fingerprint density at radius 3 is 2.41 bits per heavy atom. The molecule has 1 aromatic carbocycles. The average molecular weight is 260 g/mol. The number of nitrogens with two attached hydrogens (primary N) is 1. The third-order valence-electron chi connectivity index (χ3n) is 2.23. The van der Waals surface area contributed by atoms with Crippen LogP contribution >= 0.6 is 0 Å². The molecule has 0 saturated carbocycles. The van der Waals surface area contributed by atoms with E-state index in [1.54, 1.807) is 12.1 Å². The van der Waals surface area contributed by atoms with Gasteiger partial charge in [0.1, 0.15) is 0 Å². The second-order valence-electron chi connectivity index (χ2n) is 3.42. The van der Waals surface area contributed by atoms with Gasteiger partial charge < -0.3 is 10.6 Å². The highest BCUT2D eigenvalue weighted by Gasteiger charge is 2.07. The Morgan fingerprint density at radius 1 is 1.35 bits per heavy atom. The Hall–Kier alpha value is -1.31. The summed E-state index contributed by atoms with van der Waals surface area (Å²) in [6.07, 6.45) is 0. The van der Waals surface area contributed by atoms with Gasteiger partial charge in [0.2, 0.25) is 0 Å². The van der Waals surface area contributed by atoms with Crippen LogP contribution in [0.25, 0.3) is 0 Å². The molecule has 0 bridgehead atoms. The van der Waals surface area contributed by atoms with Gasteiger partial charge in [0.15, 0.2) is 0 Å². The zero-order valence-electron chi connectivity index (χ0n) is 9.54. The van der Waals surface area contributed by atoms with E-state index in [-0.39, 0.29) is 6.61 Å². The van der Waals surface area contributed by atoms with E-state index in [2.05, 4.69) is 4.18 Å². The molecule has 0 atom stereocenters. The molecule has 1 rings (SSSR count). The lowest BCUT2D eigenvalue weighted by atomic mass is 10.2. The van der Waals surface area contributed by atoms with E-state index in [1.165, 1.54) is 0 Å². The van der Waals surface area contributed by atoms with Crippen LogP contribution < -0.4 is 10.6 Å². The molecule has 7 heteroatoms. The first-order valence-electron chi connectivity index (χ1n) is 5.14. The zero-order chi connectivity index (χ0) is 12.9. The van der Waals surface area contributed by atoms with Crippen LogP contribution in [-0.4, -0.2) is 32.7 Å². The minimum Gasteiger partial charge on any atom is -0.399 e. The van der Waals surface area contributed by atoms with Gasteiger partial charge in [-0.3, -0.25) is 4.55 Å². The monoisotopic (exact) mass is 260 g/mol. The molecule has 0 fully saturated rings. The van der Waals surface area contributed by atoms with Crippen LogP contribution in [0.15, 0.2) is 24.3 Å². The molecule has 0 radical (unpaired) electrons. The summed E-state index contributed by atoms with van der Waals surface area (Å²) < 4.78 is 33.5. The van der Waals surface area contributed by atoms with Crippen molar-refractivity contribution in [2.75, 3.05) is 30.3 Å². The molecule has 0 aliphatic rings. The van der Waals surface area contributed by atoms with Crippen molar-refractivity contribution >= 4 is 21.8 Å². The van der Waals surface area contributed by atoms with Crippen molar-refractivity contribution in [1.82, 2.24) is 0 Å². The molecule has 17 heavy (non-hydrogen) atoms. The number of nitrogen functional groups attached to an aromatic ring is 1. The van der Waals surface area contributed by atoms with Crippen molar-refractivity contribution in [1.29, 1.82) is 0 Å². The van der Waals surface area contributed by atoms with Gasteiger partial charge in [0.25, 0.3) is 0 Å². The predicted molar refractivity (Wildman–Crippen MR) is 66.2 cm³/mol. The number of benzene rings is 1. The highest BCUT2D eigenvalue weighted by Crippen LogP contribution is 2.15. The van der Waals surface area contributed by atoms with Gasteiger partial charge in [-0.2, -0.15) is 8.42 Å². The molecule has 0 aromatic heterocycles. The second kappa shape index (κ2) is 5.85. The first-order valence-corrected chi connectivity index (χ1v) is 6.51. The van der Waals surface area contributed by atoms with Crippen molar-refractivity contribution < 1.29 is 17.2 Å². The van der Waals surface area contributed by atoms with Gasteiger partial charge in [0.05, 0.1) is 6.61 Å². The first-order chi connectivity index (χ1) is 7.92. The summed E-state index contributed by atoms with van der Waals surface area (Å²) >= 11 is 0. The number of anilines is 2. The molecule has 0 saturated heterocycles. The topological polar surface area (TPSA) is 92.9 Å². The third kappa shape index (κ3) is 5.03. The molecule has 0 amide bonds. The van der Waals surface area contributed by atoms with Crippen molar-refractivity contribution in [2.24, 2.45) is 0 Å². The maximum Gasteiger partial charge on any atom is 0.397 e. The summed E-state index contributed by atoms with van der Waals surface area (Å²) in [5, 5.41) is 0. The van der Waals surface area contributed by atoms with Crippen LogP contribution in [0.1, 0.15) is 6.92 Å². The van der Waals surface area contributed by atoms with Crippen LogP contribution in [0, 0.1) is 0 Å². The standard InChI is InChI=1S/C10H16N2O4S/c1-2-12(7-8-16-17(13,14)15)10-5-3-9(11)4-6-10/h3-6H,2,7-8,11H2,1H3,(H,13,14,15). The quantitative estimate of drug-likeness (QED) is 0.583. The molecular weight excluding hydrogens is 244 g/mol. The number of nitrogens with zero attached hydrogens (tertiary/aromatic N) is 1. The fourth-order valence-corrected chi connectivity index (χ4v) is 1.69. The van der Waals surface area contributed by atoms with Crippen LogP contribution in [0.2, 0.25) is 0 Å². The summed E-state index contributed by atoms with van der Waals surface area (Å²) in [6.45, 7) is 2.89. The largest absolute Gasteiger partial charge is 0.399 e.